The second-order valence-electron chi connectivity index (χ2n) is 0.760. The van der Waals surface area contributed by atoms with Gasteiger partial charge in [-0.05, 0) is 13.1 Å². The minimum Gasteiger partial charge on any atom is -0.313 e. The van der Waals surface area contributed by atoms with Crippen LogP contribution in [0.15, 0.2) is 38.5 Å². The first-order valence-corrected chi connectivity index (χ1v) is 2.52. The van der Waals surface area contributed by atoms with Gasteiger partial charge in [-0.25, -0.2) is 0 Å². The maximum Gasteiger partial charge on any atom is -0.00788 e. The van der Waals surface area contributed by atoms with Crippen LogP contribution in [0.25, 0.3) is 0 Å². The molecule has 0 aromatic carbocycles. The molecule has 0 bridgehead atoms. The Labute approximate surface area is 57.9 Å². The molecular weight excluding hydrogens is 110 g/mol. The standard InChI is InChI=1S/C4H6.C2H5N.C2H4/c1-3-4-2;1-2-3;1-2/h3-4H,1-2H2;2-3H,1H3;1-2H2. The van der Waals surface area contributed by atoms with E-state index < -0.39 is 0 Å². The number of rotatable bonds is 1. The maximum absolute atomic E-state index is 6.08. The minimum absolute atomic E-state index is 1.25. The second-order valence-corrected chi connectivity index (χ2v) is 0.760. The van der Waals surface area contributed by atoms with Crippen LogP contribution in [0.2, 0.25) is 0 Å². The molecule has 0 atom stereocenters. The van der Waals surface area contributed by atoms with Gasteiger partial charge in [-0.2, -0.15) is 0 Å². The lowest BCUT2D eigenvalue weighted by Crippen LogP contribution is -1.32. The van der Waals surface area contributed by atoms with Gasteiger partial charge in [-0.3, -0.25) is 0 Å². The normalized spacial score (nSPS) is 4.11. The van der Waals surface area contributed by atoms with E-state index in [0.717, 1.165) is 0 Å². The van der Waals surface area contributed by atoms with Crippen LogP contribution in [-0.4, -0.2) is 6.21 Å². The highest BCUT2D eigenvalue weighted by Crippen LogP contribution is 1.52. The van der Waals surface area contributed by atoms with Crippen molar-refractivity contribution >= 4 is 6.21 Å². The van der Waals surface area contributed by atoms with Crippen molar-refractivity contribution < 1.29 is 0 Å². The predicted molar refractivity (Wildman–Crippen MR) is 46.1 cm³/mol. The van der Waals surface area contributed by atoms with E-state index in [1.54, 1.807) is 19.1 Å². The van der Waals surface area contributed by atoms with Gasteiger partial charge >= 0.3 is 0 Å². The lowest BCUT2D eigenvalue weighted by molar-refractivity contribution is 1.55. The summed E-state index contributed by atoms with van der Waals surface area (Å²) in [4.78, 5) is 0. The molecule has 0 rings (SSSR count). The molecular formula is C8H15N. The van der Waals surface area contributed by atoms with E-state index in [-0.39, 0.29) is 0 Å². The van der Waals surface area contributed by atoms with Crippen molar-refractivity contribution in [2.45, 2.75) is 6.92 Å². The summed E-state index contributed by atoms with van der Waals surface area (Å²) in [7, 11) is 0. The Morgan fingerprint density at radius 3 is 1.22 bits per heavy atom. The molecule has 0 aliphatic heterocycles. The van der Waals surface area contributed by atoms with Crippen LogP contribution in [0.1, 0.15) is 6.92 Å². The smallest absolute Gasteiger partial charge is 0.00788 e. The first kappa shape index (κ1) is 15.7. The second kappa shape index (κ2) is 66.9. The highest BCUT2D eigenvalue weighted by Gasteiger charge is 1.29. The van der Waals surface area contributed by atoms with Gasteiger partial charge in [0.25, 0.3) is 0 Å². The molecule has 52 valence electrons. The molecule has 1 N–H and O–H groups in total. The van der Waals surface area contributed by atoms with Gasteiger partial charge in [0, 0.05) is 0 Å². The first-order chi connectivity index (χ1) is 4.33. The van der Waals surface area contributed by atoms with Crippen molar-refractivity contribution in [2.24, 2.45) is 0 Å². The third-order valence-corrected chi connectivity index (χ3v) is 0.167. The third kappa shape index (κ3) is 13600. The van der Waals surface area contributed by atoms with Gasteiger partial charge in [-0.1, -0.05) is 25.3 Å². The van der Waals surface area contributed by atoms with Gasteiger partial charge in [0.15, 0.2) is 0 Å². The van der Waals surface area contributed by atoms with E-state index in [1.807, 2.05) is 0 Å². The number of hydrogen-bond donors (Lipinski definition) is 1. The average molecular weight is 125 g/mol. The molecule has 0 heterocycles. The lowest BCUT2D eigenvalue weighted by Gasteiger charge is -1.44. The van der Waals surface area contributed by atoms with Crippen LogP contribution in [0.3, 0.4) is 0 Å². The molecule has 0 amide bonds. The minimum atomic E-state index is 1.25. The van der Waals surface area contributed by atoms with Crippen molar-refractivity contribution in [3.63, 3.8) is 0 Å². The maximum atomic E-state index is 6.08. The van der Waals surface area contributed by atoms with Crippen LogP contribution in [-0.2, 0) is 0 Å². The zero-order chi connectivity index (χ0) is 8.12. The van der Waals surface area contributed by atoms with Gasteiger partial charge in [-0.15, -0.1) is 13.2 Å². The van der Waals surface area contributed by atoms with Gasteiger partial charge in [0.05, 0.1) is 0 Å². The summed E-state index contributed by atoms with van der Waals surface area (Å²) in [6.07, 6.45) is 4.53. The van der Waals surface area contributed by atoms with Crippen molar-refractivity contribution in [3.05, 3.63) is 38.5 Å². The molecule has 0 unspecified atom stereocenters. The fourth-order valence-electron chi connectivity index (χ4n) is 0. The Balaban J connectivity index is -0.0000000646. The molecule has 0 aromatic rings. The quantitative estimate of drug-likeness (QED) is 0.316. The Morgan fingerprint density at radius 2 is 1.22 bits per heavy atom. The van der Waals surface area contributed by atoms with Crippen molar-refractivity contribution in [1.82, 2.24) is 0 Å². The van der Waals surface area contributed by atoms with Crippen molar-refractivity contribution in [3.8, 4) is 0 Å². The molecule has 1 nitrogen and oxygen atoms in total. The van der Waals surface area contributed by atoms with Gasteiger partial charge < -0.3 is 5.41 Å². The Hall–Kier alpha value is -1.11. The van der Waals surface area contributed by atoms with E-state index in [1.165, 1.54) is 6.21 Å². The van der Waals surface area contributed by atoms with Gasteiger partial charge in [0.1, 0.15) is 0 Å². The van der Waals surface area contributed by atoms with Crippen LogP contribution in [0.5, 0.6) is 0 Å². The zero-order valence-corrected chi connectivity index (χ0v) is 6.06. The molecule has 0 aliphatic rings. The molecule has 0 radical (unpaired) electrons. The number of allylic oxidation sites excluding steroid dienone is 2. The molecule has 0 fully saturated rings. The summed E-state index contributed by atoms with van der Waals surface area (Å²) in [6, 6.07) is 0. The first-order valence-electron chi connectivity index (χ1n) is 2.52. The summed E-state index contributed by atoms with van der Waals surface area (Å²) in [5.41, 5.74) is 0. The van der Waals surface area contributed by atoms with Gasteiger partial charge in [0.2, 0.25) is 0 Å². The van der Waals surface area contributed by atoms with E-state index in [2.05, 4.69) is 26.3 Å². The van der Waals surface area contributed by atoms with Crippen LogP contribution in [0.4, 0.5) is 0 Å². The predicted octanol–water partition coefficient (Wildman–Crippen LogP) is 2.82. The van der Waals surface area contributed by atoms with E-state index in [0.29, 0.717) is 0 Å². The summed E-state index contributed by atoms with van der Waals surface area (Å²) in [6.45, 7) is 14.4. The Bertz CT molecular complexity index is 59.0. The van der Waals surface area contributed by atoms with Crippen molar-refractivity contribution in [2.75, 3.05) is 0 Å². The van der Waals surface area contributed by atoms with E-state index in [4.69, 9.17) is 5.41 Å². The highest BCUT2D eigenvalue weighted by atomic mass is 14.3. The highest BCUT2D eigenvalue weighted by molar-refractivity contribution is 5.48. The molecule has 1 heteroatoms. The fraction of sp³-hybridized carbons (Fsp3) is 0.125. The molecule has 0 aliphatic carbocycles. The lowest BCUT2D eigenvalue weighted by atomic mass is 10.6. The Kier molecular flexibility index (Phi) is 116. The topological polar surface area (TPSA) is 23.9 Å². The molecule has 0 saturated carbocycles. The fourth-order valence-corrected chi connectivity index (χ4v) is 0. The van der Waals surface area contributed by atoms with E-state index in [9.17, 15) is 0 Å². The van der Waals surface area contributed by atoms with Crippen molar-refractivity contribution in [1.29, 1.82) is 5.41 Å². The molecule has 0 aromatic heterocycles. The zero-order valence-electron chi connectivity index (χ0n) is 6.06. The van der Waals surface area contributed by atoms with E-state index >= 15 is 0 Å². The third-order valence-electron chi connectivity index (χ3n) is 0.167. The van der Waals surface area contributed by atoms with Crippen LogP contribution < -0.4 is 0 Å². The summed E-state index contributed by atoms with van der Waals surface area (Å²) < 4.78 is 0. The monoisotopic (exact) mass is 125 g/mol. The summed E-state index contributed by atoms with van der Waals surface area (Å²) in [5.74, 6) is 0. The largest absolute Gasteiger partial charge is 0.313 e. The Morgan fingerprint density at radius 1 is 1.11 bits per heavy atom. The SMILES string of the molecule is C=C.C=CC=C.CC=N. The number of hydrogen-bond acceptors (Lipinski definition) is 1. The number of nitrogens with one attached hydrogen (secondary N) is 1. The van der Waals surface area contributed by atoms with Crippen LogP contribution in [0, 0.1) is 5.41 Å². The average Bonchev–Trinajstić information content (AvgIpc) is 1.94. The summed E-state index contributed by atoms with van der Waals surface area (Å²) in [5, 5.41) is 6.08. The summed E-state index contributed by atoms with van der Waals surface area (Å²) >= 11 is 0. The molecule has 0 saturated heterocycles. The van der Waals surface area contributed by atoms with Crippen LogP contribution >= 0.6 is 0 Å². The molecule has 0 spiro atoms. The molecule has 9 heavy (non-hydrogen) atoms.